The van der Waals surface area contributed by atoms with Gasteiger partial charge in [-0.15, -0.1) is 0 Å². The predicted octanol–water partition coefficient (Wildman–Crippen LogP) is 2.41. The molecule has 0 saturated carbocycles. The maximum absolute atomic E-state index is 11.7. The van der Waals surface area contributed by atoms with E-state index in [1.54, 1.807) is 0 Å². The highest BCUT2D eigenvalue weighted by molar-refractivity contribution is 5.91. The Kier molecular flexibility index (Phi) is 6.22. The number of nitrogens with one attached hydrogen (secondary N) is 2. The molecule has 4 nitrogen and oxygen atoms in total. The van der Waals surface area contributed by atoms with E-state index < -0.39 is 0 Å². The monoisotopic (exact) mass is 250 g/mol. The van der Waals surface area contributed by atoms with Gasteiger partial charge in [-0.05, 0) is 44.7 Å². The molecule has 0 bridgehead atoms. The summed E-state index contributed by atoms with van der Waals surface area (Å²) in [5.41, 5.74) is 0.798. The van der Waals surface area contributed by atoms with Crippen molar-refractivity contribution in [1.29, 1.82) is 0 Å². The first-order valence-corrected chi connectivity index (χ1v) is 6.41. The third-order valence-electron chi connectivity index (χ3n) is 2.49. The largest absolute Gasteiger partial charge is 0.494 e. The molecule has 4 heteroatoms. The lowest BCUT2D eigenvalue weighted by molar-refractivity contribution is -0.116. The van der Waals surface area contributed by atoms with Crippen molar-refractivity contribution in [3.8, 4) is 5.75 Å². The van der Waals surface area contributed by atoms with Gasteiger partial charge in [0, 0.05) is 18.2 Å². The van der Waals surface area contributed by atoms with Crippen LogP contribution in [0.2, 0.25) is 0 Å². The first kappa shape index (κ1) is 14.5. The number of ether oxygens (including phenoxy) is 1. The van der Waals surface area contributed by atoms with Crippen molar-refractivity contribution in [2.45, 2.75) is 33.2 Å². The van der Waals surface area contributed by atoms with Crippen LogP contribution in [0.15, 0.2) is 24.3 Å². The van der Waals surface area contributed by atoms with Crippen molar-refractivity contribution in [3.63, 3.8) is 0 Å². The number of hydrogen-bond donors (Lipinski definition) is 2. The smallest absolute Gasteiger partial charge is 0.225 e. The van der Waals surface area contributed by atoms with Crippen LogP contribution in [0.4, 0.5) is 5.69 Å². The van der Waals surface area contributed by atoms with Gasteiger partial charge in [-0.3, -0.25) is 4.79 Å². The molecule has 1 aromatic rings. The van der Waals surface area contributed by atoms with Gasteiger partial charge < -0.3 is 15.4 Å². The van der Waals surface area contributed by atoms with Crippen molar-refractivity contribution < 1.29 is 9.53 Å². The van der Waals surface area contributed by atoms with Gasteiger partial charge in [0.15, 0.2) is 0 Å². The minimum Gasteiger partial charge on any atom is -0.494 e. The fraction of sp³-hybridized carbons (Fsp3) is 0.500. The van der Waals surface area contributed by atoms with E-state index in [0.29, 0.717) is 13.0 Å². The molecule has 0 heterocycles. The molecule has 2 N–H and O–H groups in total. The number of hydrogen-bond acceptors (Lipinski definition) is 3. The lowest BCUT2D eigenvalue weighted by Gasteiger charge is -2.12. The Labute approximate surface area is 109 Å². The van der Waals surface area contributed by atoms with Crippen molar-refractivity contribution in [2.24, 2.45) is 0 Å². The molecule has 0 radical (unpaired) electrons. The molecule has 0 aliphatic carbocycles. The fourth-order valence-electron chi connectivity index (χ4n) is 1.71. The van der Waals surface area contributed by atoms with E-state index in [-0.39, 0.29) is 11.9 Å². The topological polar surface area (TPSA) is 50.4 Å². The summed E-state index contributed by atoms with van der Waals surface area (Å²) in [5.74, 6) is 0.837. The Balaban J connectivity index is 2.44. The van der Waals surface area contributed by atoms with Crippen LogP contribution in [0.25, 0.3) is 0 Å². The maximum Gasteiger partial charge on any atom is 0.225 e. The molecule has 1 atom stereocenters. The summed E-state index contributed by atoms with van der Waals surface area (Å²) in [6.45, 7) is 7.49. The van der Waals surface area contributed by atoms with Crippen molar-refractivity contribution in [2.75, 3.05) is 18.5 Å². The van der Waals surface area contributed by atoms with E-state index in [2.05, 4.69) is 10.6 Å². The Hall–Kier alpha value is -1.55. The minimum absolute atomic E-state index is 0.0209. The summed E-state index contributed by atoms with van der Waals surface area (Å²) in [6.07, 6.45) is 0.473. The van der Waals surface area contributed by atoms with Gasteiger partial charge in [-0.25, -0.2) is 0 Å². The van der Waals surface area contributed by atoms with Gasteiger partial charge in [0.1, 0.15) is 5.75 Å². The van der Waals surface area contributed by atoms with Crippen LogP contribution in [0.5, 0.6) is 5.75 Å². The molecular weight excluding hydrogens is 228 g/mol. The second-order valence-electron chi connectivity index (χ2n) is 4.17. The van der Waals surface area contributed by atoms with Crippen LogP contribution in [0.1, 0.15) is 27.2 Å². The molecule has 0 fully saturated rings. The van der Waals surface area contributed by atoms with Crippen LogP contribution in [-0.2, 0) is 4.79 Å². The molecule has 0 saturated heterocycles. The van der Waals surface area contributed by atoms with E-state index in [1.807, 2.05) is 45.0 Å². The van der Waals surface area contributed by atoms with Crippen LogP contribution in [0, 0.1) is 0 Å². The summed E-state index contributed by atoms with van der Waals surface area (Å²) in [7, 11) is 0. The Morgan fingerprint density at radius 1 is 1.28 bits per heavy atom. The summed E-state index contributed by atoms with van der Waals surface area (Å²) < 4.78 is 5.34. The first-order valence-electron chi connectivity index (χ1n) is 6.41. The Morgan fingerprint density at radius 3 is 2.50 bits per heavy atom. The van der Waals surface area contributed by atoms with Gasteiger partial charge in [-0.1, -0.05) is 6.92 Å². The number of rotatable bonds is 7. The van der Waals surface area contributed by atoms with E-state index in [4.69, 9.17) is 4.74 Å². The normalized spacial score (nSPS) is 11.9. The molecule has 100 valence electrons. The number of benzene rings is 1. The molecule has 0 aliphatic rings. The van der Waals surface area contributed by atoms with Gasteiger partial charge in [-0.2, -0.15) is 0 Å². The number of carbonyl (C=O) groups excluding carboxylic acids is 1. The van der Waals surface area contributed by atoms with Gasteiger partial charge >= 0.3 is 0 Å². The predicted molar refractivity (Wildman–Crippen MR) is 74.0 cm³/mol. The zero-order valence-electron chi connectivity index (χ0n) is 11.3. The van der Waals surface area contributed by atoms with E-state index in [0.717, 1.165) is 18.0 Å². The van der Waals surface area contributed by atoms with Crippen LogP contribution in [0.3, 0.4) is 0 Å². The highest BCUT2D eigenvalue weighted by Crippen LogP contribution is 2.15. The Morgan fingerprint density at radius 2 is 1.94 bits per heavy atom. The van der Waals surface area contributed by atoms with Crippen molar-refractivity contribution in [3.05, 3.63) is 24.3 Å². The number of amides is 1. The summed E-state index contributed by atoms with van der Waals surface area (Å²) in [6, 6.07) is 7.60. The third-order valence-corrected chi connectivity index (χ3v) is 2.49. The molecule has 0 spiro atoms. The summed E-state index contributed by atoms with van der Waals surface area (Å²) in [4.78, 5) is 11.7. The summed E-state index contributed by atoms with van der Waals surface area (Å²) >= 11 is 0. The third kappa shape index (κ3) is 5.19. The second kappa shape index (κ2) is 7.71. The lowest BCUT2D eigenvalue weighted by Crippen LogP contribution is -2.30. The molecule has 18 heavy (non-hydrogen) atoms. The summed E-state index contributed by atoms with van der Waals surface area (Å²) in [5, 5.41) is 6.07. The maximum atomic E-state index is 11.7. The second-order valence-corrected chi connectivity index (χ2v) is 4.17. The zero-order chi connectivity index (χ0) is 13.4. The first-order chi connectivity index (χ1) is 8.65. The SMILES string of the molecule is CCNC(C)CC(=O)Nc1ccc(OCC)cc1. The molecule has 0 aliphatic heterocycles. The molecule has 1 amide bonds. The van der Waals surface area contributed by atoms with Crippen LogP contribution >= 0.6 is 0 Å². The molecule has 1 unspecified atom stereocenters. The highest BCUT2D eigenvalue weighted by Gasteiger charge is 2.07. The van der Waals surface area contributed by atoms with Gasteiger partial charge in [0.05, 0.1) is 6.61 Å². The average molecular weight is 250 g/mol. The molecule has 1 aromatic carbocycles. The number of anilines is 1. The number of carbonyl (C=O) groups is 1. The van der Waals surface area contributed by atoms with Crippen molar-refractivity contribution >= 4 is 11.6 Å². The lowest BCUT2D eigenvalue weighted by atomic mass is 10.2. The van der Waals surface area contributed by atoms with E-state index >= 15 is 0 Å². The molecule has 0 aromatic heterocycles. The fourth-order valence-corrected chi connectivity index (χ4v) is 1.71. The van der Waals surface area contributed by atoms with Gasteiger partial charge in [0.2, 0.25) is 5.91 Å². The average Bonchev–Trinajstić information content (AvgIpc) is 2.32. The molecular formula is C14H22N2O2. The van der Waals surface area contributed by atoms with Crippen LogP contribution in [-0.4, -0.2) is 25.1 Å². The van der Waals surface area contributed by atoms with E-state index in [1.165, 1.54) is 0 Å². The highest BCUT2D eigenvalue weighted by atomic mass is 16.5. The van der Waals surface area contributed by atoms with Gasteiger partial charge in [0.25, 0.3) is 0 Å². The van der Waals surface area contributed by atoms with E-state index in [9.17, 15) is 4.79 Å². The molecule has 1 rings (SSSR count). The quantitative estimate of drug-likeness (QED) is 0.781. The van der Waals surface area contributed by atoms with Crippen molar-refractivity contribution in [1.82, 2.24) is 5.32 Å². The minimum atomic E-state index is 0.0209. The van der Waals surface area contributed by atoms with Crippen LogP contribution < -0.4 is 15.4 Å². The standard InChI is InChI=1S/C14H22N2O2/c1-4-15-11(3)10-14(17)16-12-6-8-13(9-7-12)18-5-2/h6-9,11,15H,4-5,10H2,1-3H3,(H,16,17). The zero-order valence-corrected chi connectivity index (χ0v) is 11.3. The Bertz CT molecular complexity index is 363.